The first kappa shape index (κ1) is 17.8. The molecule has 2 aromatic rings. The highest BCUT2D eigenvalue weighted by Gasteiger charge is 2.24. The van der Waals surface area contributed by atoms with Gasteiger partial charge in [-0.1, -0.05) is 18.6 Å². The van der Waals surface area contributed by atoms with Crippen molar-refractivity contribution in [2.24, 2.45) is 0 Å². The summed E-state index contributed by atoms with van der Waals surface area (Å²) in [7, 11) is 0. The number of hydrogen-bond donors (Lipinski definition) is 0. The van der Waals surface area contributed by atoms with Gasteiger partial charge in [0.2, 0.25) is 11.1 Å². The molecule has 0 saturated heterocycles. The summed E-state index contributed by atoms with van der Waals surface area (Å²) in [5.41, 5.74) is -0.518. The minimum Gasteiger partial charge on any atom is -0.458 e. The first-order valence-electron chi connectivity index (χ1n) is 8.53. The van der Waals surface area contributed by atoms with Crippen molar-refractivity contribution in [3.05, 3.63) is 62.1 Å². The van der Waals surface area contributed by atoms with Gasteiger partial charge in [-0.2, -0.15) is 5.10 Å². The van der Waals surface area contributed by atoms with Crippen LogP contribution in [0.5, 0.6) is 0 Å². The lowest BCUT2D eigenvalue weighted by atomic mass is 9.98. The Hall–Kier alpha value is -3.03. The predicted octanol–water partition coefficient (Wildman–Crippen LogP) is 2.94. The molecule has 1 aromatic carbocycles. The maximum absolute atomic E-state index is 12.4. The topological polar surface area (TPSA) is 104 Å². The Kier molecular flexibility index (Phi) is 5.11. The van der Waals surface area contributed by atoms with E-state index in [1.807, 2.05) is 0 Å². The number of nitrogens with zero attached hydrogens (tertiary/aromatic N) is 3. The third-order valence-corrected chi connectivity index (χ3v) is 4.43. The summed E-state index contributed by atoms with van der Waals surface area (Å²) in [4.78, 5) is 35.4. The number of nitro benzene ring substituents is 1. The van der Waals surface area contributed by atoms with Crippen LogP contribution in [0.4, 0.5) is 5.69 Å². The van der Waals surface area contributed by atoms with Crippen molar-refractivity contribution < 1.29 is 14.5 Å². The Bertz CT molecular complexity index is 900. The average Bonchev–Trinajstić information content (AvgIpc) is 2.62. The molecule has 1 heterocycles. The quantitative estimate of drug-likeness (QED) is 0.473. The Balaban J connectivity index is 1.99. The third-order valence-electron chi connectivity index (χ3n) is 4.43. The van der Waals surface area contributed by atoms with Crippen molar-refractivity contribution in [1.29, 1.82) is 0 Å². The van der Waals surface area contributed by atoms with Gasteiger partial charge in [-0.05, 0) is 38.7 Å². The van der Waals surface area contributed by atoms with Crippen LogP contribution in [0.1, 0.15) is 48.3 Å². The molecule has 8 heteroatoms. The number of esters is 1. The lowest BCUT2D eigenvalue weighted by Crippen LogP contribution is -2.28. The Morgan fingerprint density at radius 1 is 1.27 bits per heavy atom. The Labute approximate surface area is 149 Å². The summed E-state index contributed by atoms with van der Waals surface area (Å²) in [5.74, 6) is -0.783. The predicted molar refractivity (Wildman–Crippen MR) is 93.5 cm³/mol. The maximum atomic E-state index is 12.4. The molecule has 0 atom stereocenters. The highest BCUT2D eigenvalue weighted by Crippen LogP contribution is 2.23. The fourth-order valence-corrected chi connectivity index (χ4v) is 3.12. The summed E-state index contributed by atoms with van der Waals surface area (Å²) in [6, 6.07) is 7.26. The lowest BCUT2D eigenvalue weighted by molar-refractivity contribution is -0.384. The third kappa shape index (κ3) is 3.63. The van der Waals surface area contributed by atoms with Gasteiger partial charge in [-0.3, -0.25) is 14.9 Å². The van der Waals surface area contributed by atoms with Crippen LogP contribution >= 0.6 is 0 Å². The summed E-state index contributed by atoms with van der Waals surface area (Å²) >= 11 is 0. The molecule has 1 saturated carbocycles. The average molecular weight is 357 g/mol. The number of benzene rings is 1. The highest BCUT2D eigenvalue weighted by molar-refractivity contribution is 5.87. The number of carbonyl (C=O) groups is 1. The normalized spacial score (nSPS) is 14.8. The van der Waals surface area contributed by atoms with Gasteiger partial charge in [0.1, 0.15) is 11.8 Å². The van der Waals surface area contributed by atoms with Crippen LogP contribution in [0.15, 0.2) is 35.1 Å². The number of aryl methyl sites for hydroxylation is 1. The lowest BCUT2D eigenvalue weighted by Gasteiger charge is -2.21. The van der Waals surface area contributed by atoms with Crippen LogP contribution in [0.2, 0.25) is 0 Å². The molecule has 1 aliphatic rings. The molecule has 8 nitrogen and oxygen atoms in total. The smallest absolute Gasteiger partial charge is 0.363 e. The van der Waals surface area contributed by atoms with E-state index in [9.17, 15) is 19.7 Å². The van der Waals surface area contributed by atoms with Crippen molar-refractivity contribution >= 4 is 11.7 Å². The number of carbonyl (C=O) groups excluding carboxylic acids is 1. The number of rotatable bonds is 4. The molecule has 1 aliphatic carbocycles. The van der Waals surface area contributed by atoms with Crippen LogP contribution in [-0.4, -0.2) is 26.8 Å². The number of nitro groups is 1. The molecule has 0 amide bonds. The Morgan fingerprint density at radius 3 is 2.65 bits per heavy atom. The molecule has 1 fully saturated rings. The largest absolute Gasteiger partial charge is 0.458 e. The highest BCUT2D eigenvalue weighted by atomic mass is 16.6. The van der Waals surface area contributed by atoms with Crippen molar-refractivity contribution in [3.8, 4) is 5.69 Å². The van der Waals surface area contributed by atoms with Gasteiger partial charge in [0.05, 0.1) is 4.92 Å². The van der Waals surface area contributed by atoms with Gasteiger partial charge >= 0.3 is 5.97 Å². The Morgan fingerprint density at radius 2 is 1.96 bits per heavy atom. The number of hydrogen-bond acceptors (Lipinski definition) is 6. The molecule has 136 valence electrons. The van der Waals surface area contributed by atoms with Crippen LogP contribution in [-0.2, 0) is 4.74 Å². The van der Waals surface area contributed by atoms with E-state index in [0.717, 1.165) is 32.1 Å². The molecule has 0 aliphatic heterocycles. The van der Waals surface area contributed by atoms with Crippen LogP contribution in [0.3, 0.4) is 0 Å². The standard InChI is InChI=1S/C18H19N3O5/c1-12-11-16(22)17(18(23)26-13-7-3-2-4-8-13)19-20(12)14-9-5-6-10-15(14)21(24)25/h5-6,9-11,13H,2-4,7-8H2,1H3. The second-order valence-electron chi connectivity index (χ2n) is 6.32. The summed E-state index contributed by atoms with van der Waals surface area (Å²) in [6.45, 7) is 1.60. The summed E-state index contributed by atoms with van der Waals surface area (Å²) in [6.07, 6.45) is 4.42. The van der Waals surface area contributed by atoms with Gasteiger partial charge in [0.15, 0.2) is 0 Å². The molecule has 0 spiro atoms. The first-order chi connectivity index (χ1) is 12.5. The van der Waals surface area contributed by atoms with Gasteiger partial charge in [0, 0.05) is 17.8 Å². The molecule has 0 N–H and O–H groups in total. The molecule has 26 heavy (non-hydrogen) atoms. The summed E-state index contributed by atoms with van der Waals surface area (Å²) < 4.78 is 6.65. The van der Waals surface area contributed by atoms with Crippen LogP contribution in [0, 0.1) is 17.0 Å². The first-order valence-corrected chi connectivity index (χ1v) is 8.53. The van der Waals surface area contributed by atoms with E-state index in [0.29, 0.717) is 5.69 Å². The zero-order valence-electron chi connectivity index (χ0n) is 14.4. The molecule has 0 radical (unpaired) electrons. The minimum absolute atomic E-state index is 0.168. The van der Waals surface area contributed by atoms with E-state index in [1.165, 1.54) is 28.9 Å². The molecule has 1 aromatic heterocycles. The van der Waals surface area contributed by atoms with E-state index >= 15 is 0 Å². The van der Waals surface area contributed by atoms with Crippen molar-refractivity contribution in [1.82, 2.24) is 9.78 Å². The van der Waals surface area contributed by atoms with E-state index in [2.05, 4.69) is 5.10 Å². The van der Waals surface area contributed by atoms with Gasteiger partial charge in [-0.15, -0.1) is 0 Å². The van der Waals surface area contributed by atoms with Crippen molar-refractivity contribution in [3.63, 3.8) is 0 Å². The molecule has 0 unspecified atom stereocenters. The van der Waals surface area contributed by atoms with E-state index in [-0.39, 0.29) is 23.2 Å². The number of aromatic nitrogens is 2. The van der Waals surface area contributed by atoms with Gasteiger partial charge < -0.3 is 4.74 Å². The minimum atomic E-state index is -0.783. The van der Waals surface area contributed by atoms with Crippen molar-refractivity contribution in [2.45, 2.75) is 45.1 Å². The second kappa shape index (κ2) is 7.47. The number of ether oxygens (including phenoxy) is 1. The zero-order valence-corrected chi connectivity index (χ0v) is 14.4. The maximum Gasteiger partial charge on any atom is 0.363 e. The van der Waals surface area contributed by atoms with Gasteiger partial charge in [0.25, 0.3) is 5.69 Å². The van der Waals surface area contributed by atoms with Gasteiger partial charge in [-0.25, -0.2) is 9.48 Å². The van der Waals surface area contributed by atoms with Crippen molar-refractivity contribution in [2.75, 3.05) is 0 Å². The van der Waals surface area contributed by atoms with E-state index < -0.39 is 16.3 Å². The SMILES string of the molecule is Cc1cc(=O)c(C(=O)OC2CCCCC2)nn1-c1ccccc1[N+](=O)[O-]. The fraction of sp³-hybridized carbons (Fsp3) is 0.389. The van der Waals surface area contributed by atoms with E-state index in [1.54, 1.807) is 13.0 Å². The van der Waals surface area contributed by atoms with Crippen LogP contribution in [0.25, 0.3) is 5.69 Å². The van der Waals surface area contributed by atoms with E-state index in [4.69, 9.17) is 4.74 Å². The molecule has 3 rings (SSSR count). The molecular weight excluding hydrogens is 338 g/mol. The number of para-hydroxylation sites is 2. The fourth-order valence-electron chi connectivity index (χ4n) is 3.12. The summed E-state index contributed by atoms with van der Waals surface area (Å²) in [5, 5.41) is 15.3. The van der Waals surface area contributed by atoms with Crippen LogP contribution < -0.4 is 5.43 Å². The molecule has 0 bridgehead atoms. The monoisotopic (exact) mass is 357 g/mol. The molecular formula is C18H19N3O5. The second-order valence-corrected chi connectivity index (χ2v) is 6.32. The zero-order chi connectivity index (χ0) is 18.7.